The molecule has 2 heterocycles. The number of carbonyl (C=O) groups is 2. The lowest BCUT2D eigenvalue weighted by atomic mass is 9.92. The van der Waals surface area contributed by atoms with Gasteiger partial charge in [0.2, 0.25) is 0 Å². The minimum atomic E-state index is -0.721. The largest absolute Gasteiger partial charge is 0.507 e. The van der Waals surface area contributed by atoms with Gasteiger partial charge >= 0.3 is 0 Å². The van der Waals surface area contributed by atoms with Gasteiger partial charge in [-0.25, -0.2) is 0 Å². The number of aliphatic hydroxyl groups is 1. The standard InChI is InChI=1S/C24H25Cl2NO5S/c1-12-9-10-33-23(12)18-16(20(29)24(30)27(18)13-7-5-4-6-8-13)19(28)14-11-15(25)22(32-3)17(26)21(14)31-2/h9-11,13,18,28H,4-8H2,1-3H3/b19-16+. The summed E-state index contributed by atoms with van der Waals surface area (Å²) in [4.78, 5) is 29.2. The van der Waals surface area contributed by atoms with Crippen molar-refractivity contribution < 1.29 is 24.2 Å². The maximum absolute atomic E-state index is 13.3. The number of ether oxygens (including phenoxy) is 2. The average Bonchev–Trinajstić information content (AvgIpc) is 3.34. The topological polar surface area (TPSA) is 76.1 Å². The number of aliphatic hydroxyl groups excluding tert-OH is 1. The number of aryl methyl sites for hydroxylation is 1. The molecule has 6 nitrogen and oxygen atoms in total. The number of amides is 1. The van der Waals surface area contributed by atoms with E-state index in [0.29, 0.717) is 0 Å². The van der Waals surface area contributed by atoms with E-state index in [9.17, 15) is 14.7 Å². The van der Waals surface area contributed by atoms with Crippen LogP contribution in [0.1, 0.15) is 54.1 Å². The summed E-state index contributed by atoms with van der Waals surface area (Å²) in [5, 5.41) is 13.6. The third kappa shape index (κ3) is 4.00. The number of hydrogen-bond donors (Lipinski definition) is 1. The normalized spacial score (nSPS) is 21.0. The molecule has 2 aliphatic rings. The highest BCUT2D eigenvalue weighted by Crippen LogP contribution is 2.49. The summed E-state index contributed by atoms with van der Waals surface area (Å²) in [5.74, 6) is -1.37. The Balaban J connectivity index is 1.95. The number of ketones is 1. The third-order valence-electron chi connectivity index (χ3n) is 6.39. The average molecular weight is 510 g/mol. The molecule has 0 spiro atoms. The maximum atomic E-state index is 13.3. The fourth-order valence-electron chi connectivity index (χ4n) is 4.80. The molecule has 1 atom stereocenters. The summed E-state index contributed by atoms with van der Waals surface area (Å²) in [6.07, 6.45) is 4.78. The number of likely N-dealkylation sites (tertiary alicyclic amines) is 1. The maximum Gasteiger partial charge on any atom is 0.295 e. The highest BCUT2D eigenvalue weighted by molar-refractivity contribution is 7.10. The molecule has 4 rings (SSSR count). The number of halogens is 2. The molecule has 1 N–H and O–H groups in total. The van der Waals surface area contributed by atoms with Gasteiger partial charge in [-0.1, -0.05) is 42.5 Å². The number of methoxy groups -OCH3 is 2. The van der Waals surface area contributed by atoms with E-state index in [1.54, 1.807) is 4.90 Å². The van der Waals surface area contributed by atoms with Gasteiger partial charge in [0.15, 0.2) is 11.5 Å². The lowest BCUT2D eigenvalue weighted by Gasteiger charge is -2.35. The molecule has 1 aliphatic carbocycles. The van der Waals surface area contributed by atoms with E-state index >= 15 is 0 Å². The molecule has 9 heteroatoms. The highest BCUT2D eigenvalue weighted by atomic mass is 35.5. The van der Waals surface area contributed by atoms with Gasteiger partial charge in [-0.3, -0.25) is 9.59 Å². The van der Waals surface area contributed by atoms with Gasteiger partial charge in [-0.15, -0.1) is 11.3 Å². The molecule has 1 aromatic heterocycles. The lowest BCUT2D eigenvalue weighted by Crippen LogP contribution is -2.40. The number of carbonyl (C=O) groups excluding carboxylic acids is 2. The molecule has 1 unspecified atom stereocenters. The second-order valence-electron chi connectivity index (χ2n) is 8.25. The number of nitrogens with zero attached hydrogens (tertiary/aromatic N) is 1. The molecule has 0 bridgehead atoms. The van der Waals surface area contributed by atoms with Crippen molar-refractivity contribution in [2.24, 2.45) is 0 Å². The first-order valence-corrected chi connectivity index (χ1v) is 12.4. The lowest BCUT2D eigenvalue weighted by molar-refractivity contribution is -0.141. The Kier molecular flexibility index (Phi) is 6.93. The fourth-order valence-corrected chi connectivity index (χ4v) is 6.52. The Hall–Kier alpha value is -2.22. The van der Waals surface area contributed by atoms with Gasteiger partial charge in [-0.2, -0.15) is 0 Å². The van der Waals surface area contributed by atoms with Crippen LogP contribution in [0.4, 0.5) is 0 Å². The molecule has 1 amide bonds. The summed E-state index contributed by atoms with van der Waals surface area (Å²) in [6.45, 7) is 1.94. The van der Waals surface area contributed by atoms with Gasteiger partial charge < -0.3 is 19.5 Å². The SMILES string of the molecule is COc1c(Cl)cc(/C(O)=C2\C(=O)C(=O)N(C3CCCCC3)C2c2sccc2C)c(OC)c1Cl. The molecule has 1 saturated heterocycles. The van der Waals surface area contributed by atoms with Crippen LogP contribution in [-0.2, 0) is 9.59 Å². The Morgan fingerprint density at radius 3 is 2.36 bits per heavy atom. The molecule has 1 saturated carbocycles. The van der Waals surface area contributed by atoms with E-state index in [1.807, 2.05) is 18.4 Å². The van der Waals surface area contributed by atoms with Crippen molar-refractivity contribution in [2.75, 3.05) is 14.2 Å². The number of Topliss-reactive ketones (excluding diaryl/α,β-unsaturated/α-hetero) is 1. The summed E-state index contributed by atoms with van der Waals surface area (Å²) in [6, 6.07) is 2.64. The number of thiophene rings is 1. The zero-order valence-corrected chi connectivity index (χ0v) is 20.9. The molecule has 1 aromatic carbocycles. The van der Waals surface area contributed by atoms with Crippen LogP contribution >= 0.6 is 34.5 Å². The van der Waals surface area contributed by atoms with E-state index in [0.717, 1.165) is 42.5 Å². The van der Waals surface area contributed by atoms with Crippen LogP contribution in [-0.4, -0.2) is 42.0 Å². The monoisotopic (exact) mass is 509 g/mol. The predicted molar refractivity (Wildman–Crippen MR) is 130 cm³/mol. The predicted octanol–water partition coefficient (Wildman–Crippen LogP) is 6.13. The van der Waals surface area contributed by atoms with E-state index in [4.69, 9.17) is 32.7 Å². The molecule has 2 fully saturated rings. The Morgan fingerprint density at radius 2 is 1.79 bits per heavy atom. The first kappa shape index (κ1) is 23.9. The minimum Gasteiger partial charge on any atom is -0.507 e. The number of hydrogen-bond acceptors (Lipinski definition) is 6. The zero-order valence-electron chi connectivity index (χ0n) is 18.6. The van der Waals surface area contributed by atoms with Crippen LogP contribution in [0.3, 0.4) is 0 Å². The van der Waals surface area contributed by atoms with Crippen LogP contribution in [0.5, 0.6) is 11.5 Å². The second-order valence-corrected chi connectivity index (χ2v) is 9.99. The zero-order chi connectivity index (χ0) is 23.9. The van der Waals surface area contributed by atoms with E-state index in [1.165, 1.54) is 31.6 Å². The van der Waals surface area contributed by atoms with E-state index in [-0.39, 0.29) is 44.5 Å². The molecule has 2 aromatic rings. The molecule has 1 aliphatic heterocycles. The van der Waals surface area contributed by atoms with Crippen LogP contribution in [0.25, 0.3) is 5.76 Å². The number of benzene rings is 1. The molecule has 33 heavy (non-hydrogen) atoms. The summed E-state index contributed by atoms with van der Waals surface area (Å²) in [5.41, 5.74) is 1.11. The Labute approximate surface area is 206 Å². The van der Waals surface area contributed by atoms with Crippen molar-refractivity contribution in [1.29, 1.82) is 0 Å². The van der Waals surface area contributed by atoms with Crippen LogP contribution in [0.15, 0.2) is 23.1 Å². The van der Waals surface area contributed by atoms with Crippen molar-refractivity contribution in [3.63, 3.8) is 0 Å². The van der Waals surface area contributed by atoms with Crippen LogP contribution < -0.4 is 9.47 Å². The fraction of sp³-hybridized carbons (Fsp3) is 0.417. The van der Waals surface area contributed by atoms with Crippen molar-refractivity contribution in [2.45, 2.75) is 51.1 Å². The quantitative estimate of drug-likeness (QED) is 0.297. The first-order chi connectivity index (χ1) is 15.8. The molecule has 176 valence electrons. The van der Waals surface area contributed by atoms with Crippen molar-refractivity contribution in [3.05, 3.63) is 49.1 Å². The van der Waals surface area contributed by atoms with Crippen molar-refractivity contribution >= 4 is 52.0 Å². The summed E-state index contributed by atoms with van der Waals surface area (Å²) < 4.78 is 10.7. The molecular weight excluding hydrogens is 485 g/mol. The van der Waals surface area contributed by atoms with Gasteiger partial charge in [-0.05, 0) is 42.8 Å². The van der Waals surface area contributed by atoms with Crippen molar-refractivity contribution in [3.8, 4) is 11.5 Å². The van der Waals surface area contributed by atoms with Gasteiger partial charge in [0.1, 0.15) is 16.8 Å². The van der Waals surface area contributed by atoms with Gasteiger partial charge in [0.25, 0.3) is 11.7 Å². The Bertz CT molecular complexity index is 1140. The first-order valence-electron chi connectivity index (χ1n) is 10.8. The summed E-state index contributed by atoms with van der Waals surface area (Å²) in [7, 11) is 2.81. The van der Waals surface area contributed by atoms with Gasteiger partial charge in [0.05, 0.1) is 30.4 Å². The Morgan fingerprint density at radius 1 is 1.12 bits per heavy atom. The van der Waals surface area contributed by atoms with Gasteiger partial charge in [0, 0.05) is 10.9 Å². The highest BCUT2D eigenvalue weighted by Gasteiger charge is 2.50. The smallest absolute Gasteiger partial charge is 0.295 e. The van der Waals surface area contributed by atoms with E-state index in [2.05, 4.69) is 0 Å². The number of rotatable bonds is 5. The van der Waals surface area contributed by atoms with Crippen LogP contribution in [0.2, 0.25) is 10.0 Å². The molecule has 0 radical (unpaired) electrons. The summed E-state index contributed by atoms with van der Waals surface area (Å²) >= 11 is 14.2. The molecular formula is C24H25Cl2NO5S. The van der Waals surface area contributed by atoms with Crippen molar-refractivity contribution in [1.82, 2.24) is 4.90 Å². The minimum absolute atomic E-state index is 0.0201. The third-order valence-corrected chi connectivity index (χ3v) is 8.09. The van der Waals surface area contributed by atoms with E-state index < -0.39 is 17.7 Å². The second kappa shape index (κ2) is 9.57. The van der Waals surface area contributed by atoms with Crippen LogP contribution in [0, 0.1) is 6.92 Å².